The van der Waals surface area contributed by atoms with Crippen LogP contribution in [0, 0.1) is 0 Å². The zero-order valence-corrected chi connectivity index (χ0v) is 15.9. The van der Waals surface area contributed by atoms with Crippen molar-refractivity contribution in [3.8, 4) is 0 Å². The summed E-state index contributed by atoms with van der Waals surface area (Å²) in [6.45, 7) is 1.90. The number of halogens is 2. The Labute approximate surface area is 151 Å². The molecular formula is C16H25ClIN3O. The average Bonchev–Trinajstić information content (AvgIpc) is 2.51. The fourth-order valence-electron chi connectivity index (χ4n) is 3.01. The monoisotopic (exact) mass is 437 g/mol. The first-order valence-corrected chi connectivity index (χ1v) is 9.88. The maximum atomic E-state index is 12.4. The van der Waals surface area contributed by atoms with Crippen molar-refractivity contribution in [2.24, 2.45) is 5.73 Å². The molecule has 1 unspecified atom stereocenters. The molecular weight excluding hydrogens is 413 g/mol. The van der Waals surface area contributed by atoms with Crippen LogP contribution in [0.25, 0.3) is 0 Å². The molecule has 22 heavy (non-hydrogen) atoms. The van der Waals surface area contributed by atoms with Crippen LogP contribution in [0.2, 0.25) is 0 Å². The molecule has 124 valence electrons. The summed E-state index contributed by atoms with van der Waals surface area (Å²) in [5.41, 5.74) is 8.42. The van der Waals surface area contributed by atoms with Crippen molar-refractivity contribution in [3.63, 3.8) is 0 Å². The fourth-order valence-corrected chi connectivity index (χ4v) is 3.92. The van der Waals surface area contributed by atoms with Gasteiger partial charge in [-0.2, -0.15) is 0 Å². The number of allylic oxidation sites excluding steroid dienone is 4. The quantitative estimate of drug-likeness (QED) is 0.458. The van der Waals surface area contributed by atoms with Crippen molar-refractivity contribution in [2.45, 2.75) is 63.6 Å². The summed E-state index contributed by atoms with van der Waals surface area (Å²) < 4.78 is 0.887. The number of hydrogen-bond acceptors (Lipinski definition) is 3. The molecule has 0 aromatic heterocycles. The van der Waals surface area contributed by atoms with Crippen LogP contribution >= 0.6 is 34.2 Å². The molecule has 0 aliphatic heterocycles. The number of alkyl halides is 1. The van der Waals surface area contributed by atoms with E-state index in [1.165, 1.54) is 12.0 Å². The number of nitrogens with two attached hydrogens (primary N) is 1. The fraction of sp³-hybridized carbons (Fsp3) is 0.688. The molecule has 1 fully saturated rings. The lowest BCUT2D eigenvalue weighted by Gasteiger charge is -2.31. The highest BCUT2D eigenvalue weighted by atomic mass is 127. The Morgan fingerprint density at radius 3 is 2.86 bits per heavy atom. The number of carbonyl (C=O) groups is 1. The van der Waals surface area contributed by atoms with E-state index in [0.717, 1.165) is 47.3 Å². The normalized spacial score (nSPS) is 27.2. The molecule has 2 aliphatic rings. The lowest BCUT2D eigenvalue weighted by atomic mass is 9.91. The van der Waals surface area contributed by atoms with Crippen molar-refractivity contribution in [1.82, 2.24) is 10.6 Å². The van der Waals surface area contributed by atoms with Gasteiger partial charge in [0.2, 0.25) is 5.91 Å². The van der Waals surface area contributed by atoms with Crippen LogP contribution in [-0.4, -0.2) is 28.5 Å². The van der Waals surface area contributed by atoms with Crippen molar-refractivity contribution in [1.29, 1.82) is 0 Å². The maximum Gasteiger partial charge on any atom is 0.242 e. The summed E-state index contributed by atoms with van der Waals surface area (Å²) in [5, 5.41) is 7.36. The number of rotatable bonds is 5. The minimum absolute atomic E-state index is 0.0308. The van der Waals surface area contributed by atoms with E-state index < -0.39 is 0 Å². The summed E-state index contributed by atoms with van der Waals surface area (Å²) in [6, 6.07) is -0.0537. The highest BCUT2D eigenvalue weighted by molar-refractivity contribution is 14.1. The molecule has 0 radical (unpaired) electrons. The SMILES string of the molecule is CC(NC1=C(CI)C=C(Cl)CC1)C(=O)N[C@H]1CCCC[C@@H]1N. The van der Waals surface area contributed by atoms with Crippen molar-refractivity contribution in [2.75, 3.05) is 4.43 Å². The summed E-state index contributed by atoms with van der Waals surface area (Å²) in [6.07, 6.45) is 8.02. The molecule has 1 amide bonds. The number of carbonyl (C=O) groups excluding carboxylic acids is 1. The summed E-state index contributed by atoms with van der Waals surface area (Å²) in [7, 11) is 0. The first-order valence-electron chi connectivity index (χ1n) is 7.97. The van der Waals surface area contributed by atoms with E-state index in [9.17, 15) is 4.79 Å². The van der Waals surface area contributed by atoms with E-state index in [1.807, 2.05) is 13.0 Å². The summed E-state index contributed by atoms with van der Waals surface area (Å²) in [5.74, 6) is 0.0308. The third-order valence-corrected chi connectivity index (χ3v) is 5.53. The van der Waals surface area contributed by atoms with E-state index >= 15 is 0 Å². The van der Waals surface area contributed by atoms with Crippen LogP contribution in [0.4, 0.5) is 0 Å². The minimum Gasteiger partial charge on any atom is -0.377 e. The second-order valence-electron chi connectivity index (χ2n) is 6.16. The summed E-state index contributed by atoms with van der Waals surface area (Å²) in [4.78, 5) is 12.4. The molecule has 0 heterocycles. The van der Waals surface area contributed by atoms with Crippen LogP contribution in [0.1, 0.15) is 45.4 Å². The van der Waals surface area contributed by atoms with Gasteiger partial charge in [0.25, 0.3) is 0 Å². The largest absolute Gasteiger partial charge is 0.377 e. The molecule has 4 N–H and O–H groups in total. The van der Waals surface area contributed by atoms with Gasteiger partial charge >= 0.3 is 0 Å². The van der Waals surface area contributed by atoms with Gasteiger partial charge in [-0.1, -0.05) is 47.0 Å². The van der Waals surface area contributed by atoms with Crippen LogP contribution in [-0.2, 0) is 4.79 Å². The Morgan fingerprint density at radius 2 is 2.18 bits per heavy atom. The second-order valence-corrected chi connectivity index (χ2v) is 7.41. The number of nitrogens with one attached hydrogen (secondary N) is 2. The Bertz CT molecular complexity index is 478. The molecule has 0 spiro atoms. The lowest BCUT2D eigenvalue weighted by molar-refractivity contribution is -0.123. The molecule has 1 saturated carbocycles. The Kier molecular flexibility index (Phi) is 7.02. The van der Waals surface area contributed by atoms with Crippen molar-refractivity contribution in [3.05, 3.63) is 22.4 Å². The van der Waals surface area contributed by atoms with E-state index in [0.29, 0.717) is 0 Å². The van der Waals surface area contributed by atoms with Crippen molar-refractivity contribution < 1.29 is 4.79 Å². The molecule has 2 rings (SSSR count). The first kappa shape index (κ1) is 18.1. The van der Waals surface area contributed by atoms with Gasteiger partial charge in [0.05, 0.1) is 0 Å². The molecule has 6 heteroatoms. The zero-order valence-electron chi connectivity index (χ0n) is 13.0. The topological polar surface area (TPSA) is 67.2 Å². The van der Waals surface area contributed by atoms with Crippen molar-refractivity contribution >= 4 is 40.1 Å². The van der Waals surface area contributed by atoms with E-state index in [1.54, 1.807) is 0 Å². The van der Waals surface area contributed by atoms with E-state index in [4.69, 9.17) is 17.3 Å². The van der Waals surface area contributed by atoms with Crippen LogP contribution < -0.4 is 16.4 Å². The molecule has 2 aliphatic carbocycles. The second kappa shape index (κ2) is 8.55. The molecule has 3 atom stereocenters. The molecule has 0 aromatic rings. The standard InChI is InChI=1S/C16H25ClIN3O/c1-10(16(22)21-15-5-3-2-4-13(15)19)20-14-7-6-12(17)8-11(14)9-18/h8,10,13,15,20H,2-7,9,19H2,1H3,(H,21,22)/t10?,13-,15-/m0/s1. The third kappa shape index (κ3) is 4.86. The number of hydrogen-bond donors (Lipinski definition) is 3. The molecule has 4 nitrogen and oxygen atoms in total. The lowest BCUT2D eigenvalue weighted by Crippen LogP contribution is -2.53. The molecule has 0 aromatic carbocycles. The predicted octanol–water partition coefficient (Wildman–Crippen LogP) is 2.96. The predicted molar refractivity (Wildman–Crippen MR) is 100 cm³/mol. The van der Waals surface area contributed by atoms with Gasteiger partial charge in [0, 0.05) is 27.2 Å². The van der Waals surface area contributed by atoms with Gasteiger partial charge in [-0.3, -0.25) is 4.79 Å². The maximum absolute atomic E-state index is 12.4. The van der Waals surface area contributed by atoms with E-state index in [2.05, 4.69) is 33.2 Å². The zero-order chi connectivity index (χ0) is 16.1. The average molecular weight is 438 g/mol. The highest BCUT2D eigenvalue weighted by Crippen LogP contribution is 2.26. The third-order valence-electron chi connectivity index (χ3n) is 4.41. The van der Waals surface area contributed by atoms with Crippen LogP contribution in [0.3, 0.4) is 0 Å². The Hall–Kier alpha value is -0.270. The minimum atomic E-state index is -0.257. The Morgan fingerprint density at radius 1 is 1.45 bits per heavy atom. The van der Waals surface area contributed by atoms with Gasteiger partial charge in [-0.25, -0.2) is 0 Å². The van der Waals surface area contributed by atoms with Gasteiger partial charge < -0.3 is 16.4 Å². The van der Waals surface area contributed by atoms with E-state index in [-0.39, 0.29) is 24.0 Å². The van der Waals surface area contributed by atoms with Crippen LogP contribution in [0.5, 0.6) is 0 Å². The molecule has 0 bridgehead atoms. The number of amides is 1. The highest BCUT2D eigenvalue weighted by Gasteiger charge is 2.25. The van der Waals surface area contributed by atoms with Crippen LogP contribution in [0.15, 0.2) is 22.4 Å². The smallest absolute Gasteiger partial charge is 0.242 e. The first-order chi connectivity index (χ1) is 10.5. The van der Waals surface area contributed by atoms with Gasteiger partial charge in [-0.15, -0.1) is 0 Å². The van der Waals surface area contributed by atoms with Gasteiger partial charge in [0.15, 0.2) is 0 Å². The van der Waals surface area contributed by atoms with Gasteiger partial charge in [0.1, 0.15) is 6.04 Å². The molecule has 0 saturated heterocycles. The Balaban J connectivity index is 1.93. The summed E-state index contributed by atoms with van der Waals surface area (Å²) >= 11 is 8.43. The van der Waals surface area contributed by atoms with Gasteiger partial charge in [-0.05, 0) is 44.3 Å².